The van der Waals surface area contributed by atoms with Gasteiger partial charge in [-0.1, -0.05) is 17.4 Å². The summed E-state index contributed by atoms with van der Waals surface area (Å²) < 4.78 is 16.0. The molecule has 5 nitrogen and oxygen atoms in total. The number of fused-ring (bicyclic) bond motifs is 1. The van der Waals surface area contributed by atoms with Crippen LogP contribution in [0.5, 0.6) is 16.7 Å². The third-order valence-electron chi connectivity index (χ3n) is 2.30. The zero-order chi connectivity index (χ0) is 11.7. The highest BCUT2D eigenvalue weighted by Gasteiger charge is 2.13. The molecule has 3 rings (SSSR count). The second kappa shape index (κ2) is 4.14. The van der Waals surface area contributed by atoms with Gasteiger partial charge in [0, 0.05) is 0 Å². The van der Waals surface area contributed by atoms with Crippen LogP contribution in [0.3, 0.4) is 0 Å². The molecule has 1 aliphatic heterocycles. The first-order valence-electron chi connectivity index (χ1n) is 5.04. The molecule has 0 atom stereocenters. The number of nitrogens with zero attached hydrogens (tertiary/aromatic N) is 1. The molecule has 0 saturated carbocycles. The molecule has 0 unspecified atom stereocenters. The van der Waals surface area contributed by atoms with Gasteiger partial charge in [0.05, 0.1) is 6.20 Å². The molecular formula is C11H10N2O3S. The maximum absolute atomic E-state index is 5.56. The summed E-state index contributed by atoms with van der Waals surface area (Å²) in [6, 6.07) is 5.71. The molecule has 1 aliphatic rings. The van der Waals surface area contributed by atoms with Crippen molar-refractivity contribution in [1.29, 1.82) is 0 Å². The minimum absolute atomic E-state index is 0.280. The van der Waals surface area contributed by atoms with Crippen molar-refractivity contribution in [2.75, 3.05) is 12.5 Å². The van der Waals surface area contributed by atoms with Crippen molar-refractivity contribution in [3.63, 3.8) is 0 Å². The fourth-order valence-corrected chi connectivity index (χ4v) is 2.04. The number of ether oxygens (including phenoxy) is 3. The van der Waals surface area contributed by atoms with E-state index in [1.165, 1.54) is 11.3 Å². The fourth-order valence-electron chi connectivity index (χ4n) is 1.51. The lowest BCUT2D eigenvalue weighted by Crippen LogP contribution is -1.95. The Kier molecular flexibility index (Phi) is 2.49. The van der Waals surface area contributed by atoms with Gasteiger partial charge in [-0.2, -0.15) is 0 Å². The van der Waals surface area contributed by atoms with Crippen molar-refractivity contribution in [3.8, 4) is 16.7 Å². The normalized spacial score (nSPS) is 12.7. The van der Waals surface area contributed by atoms with Crippen molar-refractivity contribution >= 4 is 16.3 Å². The molecule has 17 heavy (non-hydrogen) atoms. The zero-order valence-electron chi connectivity index (χ0n) is 8.88. The lowest BCUT2D eigenvalue weighted by Gasteiger charge is -2.03. The average Bonchev–Trinajstić information content (AvgIpc) is 2.94. The number of thiazole rings is 1. The number of aromatic nitrogens is 1. The quantitative estimate of drug-likeness (QED) is 0.902. The van der Waals surface area contributed by atoms with E-state index >= 15 is 0 Å². The molecule has 2 heterocycles. The van der Waals surface area contributed by atoms with Crippen molar-refractivity contribution in [3.05, 3.63) is 30.0 Å². The first-order chi connectivity index (χ1) is 8.31. The third-order valence-corrected chi connectivity index (χ3v) is 3.04. The van der Waals surface area contributed by atoms with E-state index in [1.807, 2.05) is 18.2 Å². The predicted octanol–water partition coefficient (Wildman–Crippen LogP) is 2.03. The topological polar surface area (TPSA) is 66.6 Å². The lowest BCUT2D eigenvalue weighted by molar-refractivity contribution is 0.174. The van der Waals surface area contributed by atoms with Gasteiger partial charge in [0.1, 0.15) is 11.6 Å². The summed E-state index contributed by atoms with van der Waals surface area (Å²) in [4.78, 5) is 4.02. The number of hydrogen-bond donors (Lipinski definition) is 1. The second-order valence-corrected chi connectivity index (χ2v) is 4.53. The van der Waals surface area contributed by atoms with Crippen LogP contribution in [0.25, 0.3) is 0 Å². The molecule has 2 N–H and O–H groups in total. The number of nitrogens with two attached hydrogens (primary N) is 1. The van der Waals surface area contributed by atoms with E-state index in [1.54, 1.807) is 6.20 Å². The average molecular weight is 250 g/mol. The van der Waals surface area contributed by atoms with E-state index in [9.17, 15) is 0 Å². The highest BCUT2D eigenvalue weighted by molar-refractivity contribution is 7.17. The van der Waals surface area contributed by atoms with Gasteiger partial charge in [-0.15, -0.1) is 0 Å². The van der Waals surface area contributed by atoms with E-state index in [-0.39, 0.29) is 6.79 Å². The van der Waals surface area contributed by atoms with E-state index < -0.39 is 0 Å². The van der Waals surface area contributed by atoms with Crippen molar-refractivity contribution in [2.45, 2.75) is 6.61 Å². The van der Waals surface area contributed by atoms with Crippen LogP contribution in [0, 0.1) is 0 Å². The van der Waals surface area contributed by atoms with Crippen molar-refractivity contribution < 1.29 is 14.2 Å². The van der Waals surface area contributed by atoms with Crippen LogP contribution >= 0.6 is 11.3 Å². The third kappa shape index (κ3) is 2.12. The summed E-state index contributed by atoms with van der Waals surface area (Å²) in [6.45, 7) is 0.715. The first kappa shape index (κ1) is 10.2. The van der Waals surface area contributed by atoms with Gasteiger partial charge in [0.2, 0.25) is 6.79 Å². The Bertz CT molecular complexity index is 541. The maximum atomic E-state index is 5.56. The summed E-state index contributed by atoms with van der Waals surface area (Å²) in [5, 5.41) is 1.21. The molecule has 2 aromatic rings. The van der Waals surface area contributed by atoms with Crippen LogP contribution in [0.15, 0.2) is 24.4 Å². The molecule has 0 bridgehead atoms. The van der Waals surface area contributed by atoms with Crippen molar-refractivity contribution in [1.82, 2.24) is 4.98 Å². The van der Waals surface area contributed by atoms with E-state index in [0.717, 1.165) is 17.1 Å². The monoisotopic (exact) mass is 250 g/mol. The fraction of sp³-hybridized carbons (Fsp3) is 0.182. The molecule has 6 heteroatoms. The van der Waals surface area contributed by atoms with Gasteiger partial charge in [-0.25, -0.2) is 4.98 Å². The Hall–Kier alpha value is -1.95. The van der Waals surface area contributed by atoms with E-state index in [2.05, 4.69) is 4.98 Å². The van der Waals surface area contributed by atoms with Gasteiger partial charge >= 0.3 is 0 Å². The molecule has 0 spiro atoms. The zero-order valence-corrected chi connectivity index (χ0v) is 9.70. The van der Waals surface area contributed by atoms with Crippen LogP contribution in [-0.4, -0.2) is 11.8 Å². The van der Waals surface area contributed by atoms with Gasteiger partial charge in [-0.3, -0.25) is 0 Å². The minimum atomic E-state index is 0.280. The van der Waals surface area contributed by atoms with E-state index in [4.69, 9.17) is 19.9 Å². The number of benzene rings is 1. The molecule has 1 aromatic heterocycles. The maximum Gasteiger partial charge on any atom is 0.275 e. The highest BCUT2D eigenvalue weighted by Crippen LogP contribution is 2.33. The number of hydrogen-bond acceptors (Lipinski definition) is 6. The first-order valence-corrected chi connectivity index (χ1v) is 5.85. The molecule has 1 aromatic carbocycles. The Morgan fingerprint density at radius 3 is 3.06 bits per heavy atom. The minimum Gasteiger partial charge on any atom is -0.465 e. The molecule has 0 saturated heterocycles. The van der Waals surface area contributed by atoms with Gasteiger partial charge < -0.3 is 19.9 Å². The van der Waals surface area contributed by atoms with Crippen LogP contribution < -0.4 is 19.9 Å². The molecule has 0 radical (unpaired) electrons. The molecule has 0 amide bonds. The van der Waals surface area contributed by atoms with Gasteiger partial charge in [0.15, 0.2) is 11.5 Å². The lowest BCUT2D eigenvalue weighted by atomic mass is 10.2. The van der Waals surface area contributed by atoms with Gasteiger partial charge in [0.25, 0.3) is 5.19 Å². The Morgan fingerprint density at radius 2 is 2.24 bits per heavy atom. The Balaban J connectivity index is 1.69. The predicted molar refractivity (Wildman–Crippen MR) is 63.4 cm³/mol. The van der Waals surface area contributed by atoms with Crippen molar-refractivity contribution in [2.24, 2.45) is 0 Å². The molecule has 0 fully saturated rings. The molecule has 88 valence electrons. The molecular weight excluding hydrogens is 240 g/mol. The van der Waals surface area contributed by atoms with E-state index in [0.29, 0.717) is 16.8 Å². The number of anilines is 1. The smallest absolute Gasteiger partial charge is 0.275 e. The standard InChI is InChI=1S/C11H10N2O3S/c12-10-4-13-11(17-10)14-5-7-1-2-8-9(3-7)16-6-15-8/h1-4H,5-6,12H2. The van der Waals surface area contributed by atoms with Crippen LogP contribution in [0.1, 0.15) is 5.56 Å². The van der Waals surface area contributed by atoms with Crippen LogP contribution in [0.4, 0.5) is 5.00 Å². The number of nitrogen functional groups attached to an aromatic ring is 1. The summed E-state index contributed by atoms with van der Waals surface area (Å²) in [5.74, 6) is 1.52. The highest BCUT2D eigenvalue weighted by atomic mass is 32.1. The molecule has 0 aliphatic carbocycles. The van der Waals surface area contributed by atoms with Crippen LogP contribution in [0.2, 0.25) is 0 Å². The SMILES string of the molecule is Nc1cnc(OCc2ccc3c(c2)OCO3)s1. The summed E-state index contributed by atoms with van der Waals surface area (Å²) in [7, 11) is 0. The summed E-state index contributed by atoms with van der Waals surface area (Å²) in [5.41, 5.74) is 6.56. The van der Waals surface area contributed by atoms with Gasteiger partial charge in [-0.05, 0) is 17.7 Å². The largest absolute Gasteiger partial charge is 0.465 e. The summed E-state index contributed by atoms with van der Waals surface area (Å²) >= 11 is 1.32. The Morgan fingerprint density at radius 1 is 1.35 bits per heavy atom. The Labute approximate surface area is 102 Å². The second-order valence-electron chi connectivity index (χ2n) is 3.50. The summed E-state index contributed by atoms with van der Waals surface area (Å²) in [6.07, 6.45) is 1.58. The number of rotatable bonds is 3. The van der Waals surface area contributed by atoms with Crippen LogP contribution in [-0.2, 0) is 6.61 Å².